The smallest absolute Gasteiger partial charge is 0.222 e. The molecule has 0 bridgehead atoms. The van der Waals surface area contributed by atoms with Crippen molar-refractivity contribution < 1.29 is 13.6 Å². The van der Waals surface area contributed by atoms with Gasteiger partial charge in [0.05, 0.1) is 6.10 Å². The zero-order valence-corrected chi connectivity index (χ0v) is 21.2. The van der Waals surface area contributed by atoms with Crippen LogP contribution in [0.2, 0.25) is 36.3 Å². The standard InChI is InChI=1S/C20H43NO3Si2/c1-12-18(22)21-13-16(15-23-25(8,9)19(2,3)4)17(14-21)24-26(10,11)20(5,6)7/h16-17H,12-15H2,1-11H3/t16-,17-/m0/s1. The van der Waals surface area contributed by atoms with Gasteiger partial charge in [0.15, 0.2) is 16.6 Å². The van der Waals surface area contributed by atoms with Crippen molar-refractivity contribution in [2.45, 2.75) is 97.3 Å². The molecule has 26 heavy (non-hydrogen) atoms. The highest BCUT2D eigenvalue weighted by atomic mass is 28.4. The van der Waals surface area contributed by atoms with E-state index in [2.05, 4.69) is 67.7 Å². The average molecular weight is 402 g/mol. The van der Waals surface area contributed by atoms with Gasteiger partial charge in [0.25, 0.3) is 0 Å². The molecule has 0 saturated carbocycles. The molecule has 0 unspecified atom stereocenters. The van der Waals surface area contributed by atoms with Gasteiger partial charge in [0, 0.05) is 32.0 Å². The molecule has 4 nitrogen and oxygen atoms in total. The second-order valence-electron chi connectivity index (χ2n) is 10.9. The number of likely N-dealkylation sites (tertiary alicyclic amines) is 1. The maximum Gasteiger partial charge on any atom is 0.222 e. The SMILES string of the molecule is CCC(=O)N1C[C@@H](CO[Si](C)(C)C(C)(C)C)[C@@H](O[Si](C)(C)C(C)(C)C)C1. The molecule has 1 amide bonds. The first-order valence-electron chi connectivity index (χ1n) is 10.1. The van der Waals surface area contributed by atoms with Crippen LogP contribution in [-0.2, 0) is 13.6 Å². The van der Waals surface area contributed by atoms with Gasteiger partial charge in [-0.3, -0.25) is 4.79 Å². The van der Waals surface area contributed by atoms with Gasteiger partial charge in [-0.05, 0) is 36.3 Å². The van der Waals surface area contributed by atoms with Crippen molar-refractivity contribution in [3.63, 3.8) is 0 Å². The molecule has 1 fully saturated rings. The normalized spacial score (nSPS) is 22.8. The fourth-order valence-electron chi connectivity index (χ4n) is 2.65. The molecule has 1 rings (SSSR count). The van der Waals surface area contributed by atoms with E-state index in [9.17, 15) is 4.79 Å². The molecule has 2 atom stereocenters. The topological polar surface area (TPSA) is 38.8 Å². The molecule has 0 aromatic heterocycles. The summed E-state index contributed by atoms with van der Waals surface area (Å²) in [5.74, 6) is 0.498. The molecule has 0 radical (unpaired) electrons. The Bertz CT molecular complexity index is 492. The highest BCUT2D eigenvalue weighted by molar-refractivity contribution is 6.74. The Morgan fingerprint density at radius 2 is 1.46 bits per heavy atom. The summed E-state index contributed by atoms with van der Waals surface area (Å²) < 4.78 is 13.2. The molecule has 1 aliphatic heterocycles. The number of carbonyl (C=O) groups excluding carboxylic acids is 1. The number of rotatable bonds is 6. The largest absolute Gasteiger partial charge is 0.416 e. The van der Waals surface area contributed by atoms with Crippen molar-refractivity contribution in [3.05, 3.63) is 0 Å². The van der Waals surface area contributed by atoms with E-state index in [1.807, 2.05) is 11.8 Å². The maximum atomic E-state index is 12.3. The van der Waals surface area contributed by atoms with E-state index in [4.69, 9.17) is 8.85 Å². The van der Waals surface area contributed by atoms with Crippen LogP contribution in [0.3, 0.4) is 0 Å². The first-order chi connectivity index (χ1) is 11.5. The van der Waals surface area contributed by atoms with Gasteiger partial charge in [-0.15, -0.1) is 0 Å². The molecule has 0 aromatic rings. The summed E-state index contributed by atoms with van der Waals surface area (Å²) in [6.07, 6.45) is 0.652. The molecule has 0 spiro atoms. The lowest BCUT2D eigenvalue weighted by Crippen LogP contribution is -2.47. The second kappa shape index (κ2) is 8.05. The van der Waals surface area contributed by atoms with Crippen LogP contribution >= 0.6 is 0 Å². The summed E-state index contributed by atoms with van der Waals surface area (Å²) in [5.41, 5.74) is 0. The highest BCUT2D eigenvalue weighted by Gasteiger charge is 2.45. The minimum Gasteiger partial charge on any atom is -0.416 e. The number of hydrogen-bond donors (Lipinski definition) is 0. The van der Waals surface area contributed by atoms with E-state index in [-0.39, 0.29) is 28.0 Å². The van der Waals surface area contributed by atoms with Crippen LogP contribution in [0.1, 0.15) is 54.9 Å². The second-order valence-corrected chi connectivity index (χ2v) is 20.5. The van der Waals surface area contributed by atoms with E-state index in [0.29, 0.717) is 19.6 Å². The predicted octanol–water partition coefficient (Wildman–Crippen LogP) is 5.27. The summed E-state index contributed by atoms with van der Waals surface area (Å²) in [6.45, 7) is 26.9. The molecule has 1 aliphatic rings. The fraction of sp³-hybridized carbons (Fsp3) is 0.950. The molecule has 0 aliphatic carbocycles. The van der Waals surface area contributed by atoms with Crippen molar-refractivity contribution in [3.8, 4) is 0 Å². The molecule has 0 aromatic carbocycles. The van der Waals surface area contributed by atoms with Crippen LogP contribution in [0.15, 0.2) is 0 Å². The van der Waals surface area contributed by atoms with Crippen LogP contribution in [-0.4, -0.2) is 53.2 Å². The van der Waals surface area contributed by atoms with Crippen molar-refractivity contribution in [2.75, 3.05) is 19.7 Å². The lowest BCUT2D eigenvalue weighted by Gasteiger charge is -2.40. The van der Waals surface area contributed by atoms with Crippen LogP contribution in [0.25, 0.3) is 0 Å². The Labute approximate surface area is 164 Å². The molecule has 0 N–H and O–H groups in total. The zero-order valence-electron chi connectivity index (χ0n) is 19.2. The van der Waals surface area contributed by atoms with E-state index < -0.39 is 16.6 Å². The first kappa shape index (κ1) is 23.9. The number of nitrogens with zero attached hydrogens (tertiary/aromatic N) is 1. The minimum atomic E-state index is -1.88. The van der Waals surface area contributed by atoms with E-state index in [1.165, 1.54) is 0 Å². The summed E-state index contributed by atoms with van der Waals surface area (Å²) in [7, 11) is -3.68. The predicted molar refractivity (Wildman–Crippen MR) is 116 cm³/mol. The van der Waals surface area contributed by atoms with Gasteiger partial charge in [0.2, 0.25) is 5.91 Å². The van der Waals surface area contributed by atoms with Crippen LogP contribution in [0, 0.1) is 5.92 Å². The summed E-state index contributed by atoms with van der Waals surface area (Å²) >= 11 is 0. The van der Waals surface area contributed by atoms with Gasteiger partial charge in [-0.25, -0.2) is 0 Å². The quantitative estimate of drug-likeness (QED) is 0.569. The van der Waals surface area contributed by atoms with Crippen molar-refractivity contribution in [1.29, 1.82) is 0 Å². The van der Waals surface area contributed by atoms with Crippen LogP contribution < -0.4 is 0 Å². The first-order valence-corrected chi connectivity index (χ1v) is 15.9. The highest BCUT2D eigenvalue weighted by Crippen LogP contribution is 2.40. The Hall–Kier alpha value is -0.176. The molecule has 1 heterocycles. The monoisotopic (exact) mass is 401 g/mol. The Balaban J connectivity index is 2.92. The Kier molecular flexibility index (Phi) is 7.39. The van der Waals surface area contributed by atoms with Gasteiger partial charge in [-0.2, -0.15) is 0 Å². The van der Waals surface area contributed by atoms with E-state index >= 15 is 0 Å². The van der Waals surface area contributed by atoms with Crippen molar-refractivity contribution in [2.24, 2.45) is 5.92 Å². The lowest BCUT2D eigenvalue weighted by atomic mass is 10.1. The third-order valence-corrected chi connectivity index (χ3v) is 15.8. The lowest BCUT2D eigenvalue weighted by molar-refractivity contribution is -0.130. The van der Waals surface area contributed by atoms with Crippen LogP contribution in [0.5, 0.6) is 0 Å². The number of amides is 1. The molecular formula is C20H43NO3Si2. The maximum absolute atomic E-state index is 12.3. The van der Waals surface area contributed by atoms with Crippen molar-refractivity contribution in [1.82, 2.24) is 4.90 Å². The number of carbonyl (C=O) groups is 1. The Morgan fingerprint density at radius 3 is 1.88 bits per heavy atom. The minimum absolute atomic E-state index is 0.0937. The number of hydrogen-bond acceptors (Lipinski definition) is 3. The van der Waals surface area contributed by atoms with Gasteiger partial charge in [-0.1, -0.05) is 48.5 Å². The van der Waals surface area contributed by atoms with Crippen LogP contribution in [0.4, 0.5) is 0 Å². The zero-order chi connectivity index (χ0) is 20.6. The van der Waals surface area contributed by atoms with Gasteiger partial charge >= 0.3 is 0 Å². The third kappa shape index (κ3) is 5.66. The Morgan fingerprint density at radius 1 is 0.962 bits per heavy atom. The van der Waals surface area contributed by atoms with Gasteiger partial charge in [0.1, 0.15) is 0 Å². The van der Waals surface area contributed by atoms with Crippen molar-refractivity contribution >= 4 is 22.5 Å². The summed E-state index contributed by atoms with van der Waals surface area (Å²) in [5, 5.41) is 0.361. The summed E-state index contributed by atoms with van der Waals surface area (Å²) in [6, 6.07) is 0. The average Bonchev–Trinajstić information content (AvgIpc) is 2.84. The van der Waals surface area contributed by atoms with E-state index in [1.54, 1.807) is 0 Å². The molecular weight excluding hydrogens is 358 g/mol. The molecule has 6 heteroatoms. The third-order valence-electron chi connectivity index (χ3n) is 6.75. The van der Waals surface area contributed by atoms with Gasteiger partial charge < -0.3 is 13.8 Å². The summed E-state index contributed by atoms with van der Waals surface area (Å²) in [4.78, 5) is 14.3. The molecule has 154 valence electrons. The van der Waals surface area contributed by atoms with E-state index in [0.717, 1.165) is 6.54 Å². The fourth-order valence-corrected chi connectivity index (χ4v) is 5.09. The molecule has 1 saturated heterocycles.